The zero-order valence-electron chi connectivity index (χ0n) is 18.8. The van der Waals surface area contributed by atoms with E-state index in [-0.39, 0.29) is 28.1 Å². The molecule has 4 rings (SSSR count). The van der Waals surface area contributed by atoms with Gasteiger partial charge in [-0.25, -0.2) is 4.72 Å². The molecule has 2 amide bonds. The summed E-state index contributed by atoms with van der Waals surface area (Å²) in [6.07, 6.45) is 1.63. The first kappa shape index (κ1) is 23.3. The average molecular weight is 482 g/mol. The number of nitrogens with one attached hydrogen (secondary N) is 1. The predicted octanol–water partition coefficient (Wildman–Crippen LogP) is 5.27. The lowest BCUT2D eigenvalue weighted by atomic mass is 9.87. The van der Waals surface area contributed by atoms with E-state index in [1.54, 1.807) is 24.4 Å². The summed E-state index contributed by atoms with van der Waals surface area (Å²) in [4.78, 5) is 32.2. The van der Waals surface area contributed by atoms with E-state index >= 15 is 0 Å². The van der Waals surface area contributed by atoms with Crippen molar-refractivity contribution in [2.75, 3.05) is 4.72 Å². The summed E-state index contributed by atoms with van der Waals surface area (Å²) in [5.41, 5.74) is 3.22. The van der Waals surface area contributed by atoms with Crippen LogP contribution in [0.1, 0.15) is 58.3 Å². The molecule has 1 aliphatic heterocycles. The monoisotopic (exact) mass is 481 g/mol. The van der Waals surface area contributed by atoms with Crippen molar-refractivity contribution in [1.82, 2.24) is 9.88 Å². The third-order valence-electron chi connectivity index (χ3n) is 5.52. The second-order valence-corrected chi connectivity index (χ2v) is 10.6. The van der Waals surface area contributed by atoms with Gasteiger partial charge in [0.1, 0.15) is 11.4 Å². The summed E-state index contributed by atoms with van der Waals surface area (Å²) in [6, 6.07) is 14.2. The molecule has 170 valence electrons. The lowest BCUT2D eigenvalue weighted by molar-refractivity contribution is 0.0642. The Labute approximate surface area is 201 Å². The number of aryl methyl sites for hydroxylation is 1. The molecule has 3 aromatic rings. The van der Waals surface area contributed by atoms with E-state index in [9.17, 15) is 14.1 Å². The van der Waals surface area contributed by atoms with Crippen molar-refractivity contribution in [2.45, 2.75) is 44.6 Å². The number of fused-ring (bicyclic) bond motifs is 1. The van der Waals surface area contributed by atoms with Crippen LogP contribution in [0.5, 0.6) is 0 Å². The number of carbonyl (C=O) groups excluding carboxylic acids is 2. The summed E-state index contributed by atoms with van der Waals surface area (Å²) in [5.74, 6) is -0.967. The van der Waals surface area contributed by atoms with E-state index < -0.39 is 23.2 Å². The Balaban J connectivity index is 1.61. The van der Waals surface area contributed by atoms with E-state index in [1.165, 1.54) is 6.07 Å². The van der Waals surface area contributed by atoms with Gasteiger partial charge in [-0.2, -0.15) is 0 Å². The number of pyridine rings is 1. The molecule has 2 heterocycles. The highest BCUT2D eigenvalue weighted by atomic mass is 35.5. The lowest BCUT2D eigenvalue weighted by Gasteiger charge is -2.19. The van der Waals surface area contributed by atoms with Crippen LogP contribution in [0.4, 0.5) is 5.69 Å². The Kier molecular flexibility index (Phi) is 6.22. The van der Waals surface area contributed by atoms with Crippen LogP contribution in [0.25, 0.3) is 0 Å². The van der Waals surface area contributed by atoms with Crippen LogP contribution in [0.2, 0.25) is 5.02 Å². The van der Waals surface area contributed by atoms with Crippen molar-refractivity contribution in [2.24, 2.45) is 0 Å². The number of rotatable bonds is 5. The largest absolute Gasteiger partial charge is 0.588 e. The zero-order chi connectivity index (χ0) is 23.9. The Hall–Kier alpha value is -2.87. The second-order valence-electron chi connectivity index (χ2n) is 8.99. The van der Waals surface area contributed by atoms with E-state index in [1.807, 2.05) is 31.2 Å². The molecule has 0 bridgehead atoms. The molecule has 1 atom stereocenters. The smallest absolute Gasteiger partial charge is 0.264 e. The molecule has 33 heavy (non-hydrogen) atoms. The summed E-state index contributed by atoms with van der Waals surface area (Å²) in [7, 11) is 0. The maximum Gasteiger partial charge on any atom is 0.264 e. The Morgan fingerprint density at radius 2 is 1.67 bits per heavy atom. The van der Waals surface area contributed by atoms with Gasteiger partial charge >= 0.3 is 0 Å². The van der Waals surface area contributed by atoms with E-state index in [2.05, 4.69) is 30.5 Å². The number of hydrogen-bond acceptors (Lipinski definition) is 5. The minimum atomic E-state index is -1.63. The highest BCUT2D eigenvalue weighted by molar-refractivity contribution is 7.92. The van der Waals surface area contributed by atoms with E-state index in [0.29, 0.717) is 10.6 Å². The number of carbonyl (C=O) groups is 2. The molecule has 0 aliphatic carbocycles. The Bertz CT molecular complexity index is 1220. The molecular formula is C25H24ClN3O3S. The molecule has 1 unspecified atom stereocenters. The molecule has 1 aliphatic rings. The maximum atomic E-state index is 13.2. The van der Waals surface area contributed by atoms with Crippen LogP contribution in [-0.2, 0) is 23.3 Å². The van der Waals surface area contributed by atoms with Crippen LogP contribution < -0.4 is 4.72 Å². The molecule has 1 N–H and O–H groups in total. The number of halogens is 1. The predicted molar refractivity (Wildman–Crippen MR) is 130 cm³/mol. The van der Waals surface area contributed by atoms with Crippen molar-refractivity contribution < 1.29 is 14.1 Å². The number of anilines is 1. The third kappa shape index (κ3) is 4.62. The van der Waals surface area contributed by atoms with Crippen molar-refractivity contribution >= 4 is 40.5 Å². The van der Waals surface area contributed by atoms with Crippen LogP contribution >= 0.6 is 11.6 Å². The molecule has 8 heteroatoms. The fourth-order valence-electron chi connectivity index (χ4n) is 3.61. The minimum Gasteiger partial charge on any atom is -0.588 e. The van der Waals surface area contributed by atoms with Crippen LogP contribution in [0.15, 0.2) is 59.6 Å². The topological polar surface area (TPSA) is 85.4 Å². The van der Waals surface area contributed by atoms with Gasteiger partial charge in [0.15, 0.2) is 4.90 Å². The first-order chi connectivity index (χ1) is 15.6. The van der Waals surface area contributed by atoms with Crippen LogP contribution in [0.3, 0.4) is 0 Å². The molecule has 0 saturated carbocycles. The molecular weight excluding hydrogens is 458 g/mol. The third-order valence-corrected chi connectivity index (χ3v) is 6.94. The van der Waals surface area contributed by atoms with Crippen molar-refractivity contribution in [3.05, 3.63) is 87.7 Å². The van der Waals surface area contributed by atoms with Gasteiger partial charge in [-0.1, -0.05) is 50.6 Å². The van der Waals surface area contributed by atoms with Crippen molar-refractivity contribution in [3.63, 3.8) is 0 Å². The summed E-state index contributed by atoms with van der Waals surface area (Å²) >= 11 is 4.66. The second kappa shape index (κ2) is 8.82. The average Bonchev–Trinajstić information content (AvgIpc) is 3.02. The molecule has 2 aromatic carbocycles. The molecule has 6 nitrogen and oxygen atoms in total. The molecule has 0 saturated heterocycles. The van der Waals surface area contributed by atoms with Gasteiger partial charge in [-0.15, -0.1) is 0 Å². The highest BCUT2D eigenvalue weighted by Gasteiger charge is 2.40. The first-order valence-electron chi connectivity index (χ1n) is 10.5. The van der Waals surface area contributed by atoms with E-state index in [4.69, 9.17) is 11.6 Å². The van der Waals surface area contributed by atoms with Crippen LogP contribution in [0, 0.1) is 6.92 Å². The van der Waals surface area contributed by atoms with Crippen LogP contribution in [-0.4, -0.2) is 26.3 Å². The van der Waals surface area contributed by atoms with Gasteiger partial charge in [0.25, 0.3) is 11.8 Å². The van der Waals surface area contributed by atoms with Crippen molar-refractivity contribution in [3.8, 4) is 0 Å². The fraction of sp³-hybridized carbons (Fsp3) is 0.240. The number of imide groups is 1. The Morgan fingerprint density at radius 1 is 1.00 bits per heavy atom. The van der Waals surface area contributed by atoms with E-state index in [0.717, 1.165) is 21.7 Å². The van der Waals surface area contributed by atoms with Gasteiger partial charge in [-0.05, 0) is 53.8 Å². The number of hydrogen-bond donors (Lipinski definition) is 1. The normalized spacial score (nSPS) is 14.4. The zero-order valence-corrected chi connectivity index (χ0v) is 20.4. The standard InChI is InChI=1S/C25H24ClN3O3S/c1-15-5-6-16(13-27-15)14-29-23(30)21-19(26)11-12-20(22(21)24(29)31)28-33(32)18-9-7-17(8-10-18)25(2,3)4/h5-13,28H,14H2,1-4H3. The maximum absolute atomic E-state index is 13.2. The number of amides is 2. The highest BCUT2D eigenvalue weighted by Crippen LogP contribution is 2.36. The van der Waals surface area contributed by atoms with Gasteiger partial charge in [0.2, 0.25) is 0 Å². The van der Waals surface area contributed by atoms with Gasteiger partial charge in [0, 0.05) is 11.9 Å². The quantitative estimate of drug-likeness (QED) is 0.396. The first-order valence-corrected chi connectivity index (χ1v) is 12.0. The van der Waals surface area contributed by atoms with Gasteiger partial charge in [-0.3, -0.25) is 19.5 Å². The number of aromatic nitrogens is 1. The molecule has 1 aromatic heterocycles. The SMILES string of the molecule is Cc1ccc(CN2C(=O)c3c(Cl)ccc(N[S+]([O-])c4ccc(C(C)(C)C)cc4)c3C2=O)cn1. The summed E-state index contributed by atoms with van der Waals surface area (Å²) in [5, 5.41) is 0.179. The summed E-state index contributed by atoms with van der Waals surface area (Å²) < 4.78 is 15.9. The molecule has 0 radical (unpaired) electrons. The summed E-state index contributed by atoms with van der Waals surface area (Å²) in [6.45, 7) is 8.26. The number of benzene rings is 2. The minimum absolute atomic E-state index is 0.0202. The lowest BCUT2D eigenvalue weighted by Crippen LogP contribution is -2.29. The van der Waals surface area contributed by atoms with Gasteiger partial charge < -0.3 is 4.55 Å². The fourth-order valence-corrected chi connectivity index (χ4v) is 4.72. The molecule has 0 fully saturated rings. The molecule has 0 spiro atoms. The van der Waals surface area contributed by atoms with Gasteiger partial charge in [0.05, 0.1) is 28.4 Å². The Morgan fingerprint density at radius 3 is 2.27 bits per heavy atom. The number of nitrogens with zero attached hydrogens (tertiary/aromatic N) is 2. The van der Waals surface area contributed by atoms with Crippen molar-refractivity contribution in [1.29, 1.82) is 0 Å².